The number of aliphatic hydroxyl groups is 2. The van der Waals surface area contributed by atoms with Gasteiger partial charge in [0.15, 0.2) is 6.29 Å². The van der Waals surface area contributed by atoms with E-state index in [9.17, 15) is 19.6 Å². The summed E-state index contributed by atoms with van der Waals surface area (Å²) in [5.74, 6) is -0.0524. The molecule has 150 valence electrons. The molecule has 9 heteroatoms. The van der Waals surface area contributed by atoms with Gasteiger partial charge in [-0.3, -0.25) is 4.57 Å². The lowest BCUT2D eigenvalue weighted by Gasteiger charge is -2.18. The number of benzene rings is 1. The van der Waals surface area contributed by atoms with Gasteiger partial charge < -0.3 is 28.7 Å². The molecule has 0 bridgehead atoms. The minimum Gasteiger partial charge on any atom is -0.462 e. The van der Waals surface area contributed by atoms with E-state index in [0.29, 0.717) is 5.56 Å². The molecule has 1 aliphatic heterocycles. The second-order valence-corrected chi connectivity index (χ2v) is 7.72. The van der Waals surface area contributed by atoms with Crippen molar-refractivity contribution in [3.8, 4) is 0 Å². The standard InChI is InChI=1S/C18H25O8P/c1-3-24-27(22,25-4-2)11-10-15-14(16(19)18(21)26-15)12-23-17(20)13-8-6-5-7-9-13/h5-11,14-16,18-19,21H,3-4,12H2,1-2H3/t14-,15-,16-,18?/m1/s1. The van der Waals surface area contributed by atoms with E-state index in [1.165, 1.54) is 11.9 Å². The van der Waals surface area contributed by atoms with Crippen LogP contribution >= 0.6 is 7.60 Å². The van der Waals surface area contributed by atoms with E-state index >= 15 is 0 Å². The van der Waals surface area contributed by atoms with Gasteiger partial charge in [0.05, 0.1) is 37.4 Å². The molecule has 2 N–H and O–H groups in total. The van der Waals surface area contributed by atoms with Crippen molar-refractivity contribution in [1.82, 2.24) is 0 Å². The zero-order chi connectivity index (χ0) is 19.9. The number of rotatable bonds is 9. The van der Waals surface area contributed by atoms with Crippen LogP contribution in [-0.4, -0.2) is 54.5 Å². The largest absolute Gasteiger partial charge is 0.462 e. The number of esters is 1. The van der Waals surface area contributed by atoms with Gasteiger partial charge in [0.1, 0.15) is 6.10 Å². The van der Waals surface area contributed by atoms with Crippen LogP contribution in [0.3, 0.4) is 0 Å². The molecule has 1 heterocycles. The second kappa shape index (κ2) is 10.1. The number of aliphatic hydroxyl groups excluding tert-OH is 2. The van der Waals surface area contributed by atoms with Crippen LogP contribution in [0.2, 0.25) is 0 Å². The van der Waals surface area contributed by atoms with Gasteiger partial charge in [0.25, 0.3) is 0 Å². The van der Waals surface area contributed by atoms with Crippen LogP contribution in [0.1, 0.15) is 24.2 Å². The normalized spacial score (nSPS) is 25.8. The van der Waals surface area contributed by atoms with Crippen LogP contribution in [0.4, 0.5) is 0 Å². The number of carbonyl (C=O) groups excluding carboxylic acids is 1. The summed E-state index contributed by atoms with van der Waals surface area (Å²) < 4.78 is 33.3. The fraction of sp³-hybridized carbons (Fsp3) is 0.500. The van der Waals surface area contributed by atoms with Crippen molar-refractivity contribution >= 4 is 13.6 Å². The number of hydrogen-bond acceptors (Lipinski definition) is 8. The zero-order valence-electron chi connectivity index (χ0n) is 15.3. The SMILES string of the molecule is CCOP(=O)(C=C[C@H]1OC(O)[C@H](O)[C@@H]1COC(=O)c1ccccc1)OCC. The Morgan fingerprint density at radius 1 is 1.19 bits per heavy atom. The second-order valence-electron chi connectivity index (χ2n) is 5.83. The molecule has 1 aromatic rings. The highest BCUT2D eigenvalue weighted by Gasteiger charge is 2.42. The highest BCUT2D eigenvalue weighted by atomic mass is 31.2. The van der Waals surface area contributed by atoms with Gasteiger partial charge in [-0.25, -0.2) is 4.79 Å². The smallest absolute Gasteiger partial charge is 0.353 e. The first kappa shape index (κ1) is 21.8. The van der Waals surface area contributed by atoms with Crippen LogP contribution < -0.4 is 0 Å². The molecule has 2 rings (SSSR count). The summed E-state index contributed by atoms with van der Waals surface area (Å²) >= 11 is 0. The zero-order valence-corrected chi connectivity index (χ0v) is 16.2. The van der Waals surface area contributed by atoms with Crippen molar-refractivity contribution in [3.63, 3.8) is 0 Å². The number of ether oxygens (including phenoxy) is 2. The molecule has 27 heavy (non-hydrogen) atoms. The monoisotopic (exact) mass is 400 g/mol. The van der Waals surface area contributed by atoms with Gasteiger partial charge in [-0.05, 0) is 32.1 Å². The fourth-order valence-corrected chi connectivity index (χ4v) is 3.98. The number of carbonyl (C=O) groups is 1. The predicted molar refractivity (Wildman–Crippen MR) is 97.1 cm³/mol. The fourth-order valence-electron chi connectivity index (χ4n) is 2.63. The Balaban J connectivity index is 2.05. The van der Waals surface area contributed by atoms with E-state index in [2.05, 4.69) is 0 Å². The third-order valence-corrected chi connectivity index (χ3v) is 5.72. The maximum Gasteiger partial charge on any atom is 0.353 e. The Kier molecular flexibility index (Phi) is 8.16. The van der Waals surface area contributed by atoms with E-state index in [-0.39, 0.29) is 19.8 Å². The Labute approximate surface area is 158 Å². The van der Waals surface area contributed by atoms with Crippen LogP contribution in [0, 0.1) is 5.92 Å². The van der Waals surface area contributed by atoms with Crippen LogP contribution in [0.25, 0.3) is 0 Å². The molecule has 1 unspecified atom stereocenters. The maximum absolute atomic E-state index is 12.5. The van der Waals surface area contributed by atoms with Crippen LogP contribution in [-0.2, 0) is 23.1 Å². The van der Waals surface area contributed by atoms with Crippen LogP contribution in [0.15, 0.2) is 42.2 Å². The minimum absolute atomic E-state index is 0.186. The molecule has 1 aromatic carbocycles. The first-order chi connectivity index (χ1) is 12.9. The maximum atomic E-state index is 12.5. The van der Waals surface area contributed by atoms with Crippen LogP contribution in [0.5, 0.6) is 0 Å². The van der Waals surface area contributed by atoms with Crippen molar-refractivity contribution in [3.05, 3.63) is 47.8 Å². The molecular weight excluding hydrogens is 375 g/mol. The molecule has 0 amide bonds. The molecule has 1 fully saturated rings. The van der Waals surface area contributed by atoms with Crippen molar-refractivity contribution < 1.29 is 38.1 Å². The molecule has 1 aliphatic rings. The van der Waals surface area contributed by atoms with Crippen molar-refractivity contribution in [1.29, 1.82) is 0 Å². The third-order valence-electron chi connectivity index (χ3n) is 3.94. The molecule has 0 aliphatic carbocycles. The van der Waals surface area contributed by atoms with Crippen molar-refractivity contribution in [2.45, 2.75) is 32.3 Å². The Morgan fingerprint density at radius 3 is 2.41 bits per heavy atom. The van der Waals surface area contributed by atoms with Crippen molar-refractivity contribution in [2.24, 2.45) is 5.92 Å². The molecule has 0 aromatic heterocycles. The Bertz CT molecular complexity index is 667. The van der Waals surface area contributed by atoms with E-state index in [4.69, 9.17) is 18.5 Å². The van der Waals surface area contributed by atoms with Gasteiger partial charge >= 0.3 is 13.6 Å². The topological polar surface area (TPSA) is 112 Å². The predicted octanol–water partition coefficient (Wildman–Crippen LogP) is 2.32. The Morgan fingerprint density at radius 2 is 1.81 bits per heavy atom. The lowest BCUT2D eigenvalue weighted by atomic mass is 9.99. The van der Waals surface area contributed by atoms with Gasteiger partial charge in [-0.15, -0.1) is 0 Å². The van der Waals surface area contributed by atoms with E-state index in [0.717, 1.165) is 0 Å². The molecular formula is C18H25O8P. The highest BCUT2D eigenvalue weighted by molar-refractivity contribution is 7.57. The summed E-state index contributed by atoms with van der Waals surface area (Å²) in [5, 5.41) is 19.9. The molecule has 0 radical (unpaired) electrons. The van der Waals surface area contributed by atoms with Gasteiger partial charge in [0.2, 0.25) is 0 Å². The summed E-state index contributed by atoms with van der Waals surface area (Å²) in [6, 6.07) is 8.40. The first-order valence-electron chi connectivity index (χ1n) is 8.72. The average molecular weight is 400 g/mol. The van der Waals surface area contributed by atoms with Crippen molar-refractivity contribution in [2.75, 3.05) is 19.8 Å². The number of hydrogen-bond donors (Lipinski definition) is 2. The average Bonchev–Trinajstić information content (AvgIpc) is 2.93. The molecule has 8 nitrogen and oxygen atoms in total. The van der Waals surface area contributed by atoms with Gasteiger partial charge in [-0.1, -0.05) is 18.2 Å². The Hall–Kier alpha value is -1.54. The summed E-state index contributed by atoms with van der Waals surface area (Å²) in [6.45, 7) is 3.57. The first-order valence-corrected chi connectivity index (χ1v) is 10.3. The molecule has 1 saturated heterocycles. The summed E-state index contributed by atoms with van der Waals surface area (Å²) in [5.41, 5.74) is 0.371. The van der Waals surface area contributed by atoms with E-state index in [1.54, 1.807) is 44.2 Å². The summed E-state index contributed by atoms with van der Waals surface area (Å²) in [7, 11) is -3.46. The van der Waals surface area contributed by atoms with Gasteiger partial charge in [-0.2, -0.15) is 0 Å². The summed E-state index contributed by atoms with van der Waals surface area (Å²) in [4.78, 5) is 12.1. The highest BCUT2D eigenvalue weighted by Crippen LogP contribution is 2.50. The molecule has 0 saturated carbocycles. The lowest BCUT2D eigenvalue weighted by Crippen LogP contribution is -2.31. The lowest BCUT2D eigenvalue weighted by molar-refractivity contribution is -0.119. The molecule has 4 atom stereocenters. The third kappa shape index (κ3) is 5.97. The quantitative estimate of drug-likeness (QED) is 0.480. The van der Waals surface area contributed by atoms with Gasteiger partial charge in [0, 0.05) is 5.82 Å². The minimum atomic E-state index is -3.46. The van der Waals surface area contributed by atoms with E-state index in [1.807, 2.05) is 0 Å². The van der Waals surface area contributed by atoms with E-state index < -0.39 is 38.0 Å². The molecule has 0 spiro atoms. The summed E-state index contributed by atoms with van der Waals surface area (Å²) in [6.07, 6.45) is -2.14.